The van der Waals surface area contributed by atoms with E-state index in [0.29, 0.717) is 0 Å². The van der Waals surface area contributed by atoms with Crippen molar-refractivity contribution in [2.45, 2.75) is 125 Å². The summed E-state index contributed by atoms with van der Waals surface area (Å²) in [5.41, 5.74) is 17.6. The van der Waals surface area contributed by atoms with Crippen LogP contribution in [-0.4, -0.2) is 9.55 Å². The lowest BCUT2D eigenvalue weighted by Gasteiger charge is -2.28. The fourth-order valence-corrected chi connectivity index (χ4v) is 7.47. The highest BCUT2D eigenvalue weighted by Gasteiger charge is 2.28. The van der Waals surface area contributed by atoms with Crippen LogP contribution in [0.3, 0.4) is 0 Å². The molecule has 0 aliphatic carbocycles. The Kier molecular flexibility index (Phi) is 10.2. The van der Waals surface area contributed by atoms with E-state index in [4.69, 9.17) is 4.98 Å². The van der Waals surface area contributed by atoms with E-state index in [2.05, 4.69) is 211 Å². The summed E-state index contributed by atoms with van der Waals surface area (Å²) < 4.78 is 2.45. The van der Waals surface area contributed by atoms with Gasteiger partial charge in [-0.05, 0) is 122 Å². The van der Waals surface area contributed by atoms with Gasteiger partial charge in [-0.25, -0.2) is 4.98 Å². The van der Waals surface area contributed by atoms with Gasteiger partial charge in [0.05, 0.1) is 5.69 Å². The Morgan fingerprint density at radius 2 is 0.870 bits per heavy atom. The van der Waals surface area contributed by atoms with Crippen LogP contribution < -0.4 is 0 Å². The Hall–Kier alpha value is -4.69. The third-order valence-corrected chi connectivity index (χ3v) is 11.5. The molecule has 0 N–H and O–H groups in total. The quantitative estimate of drug-likeness (QED) is 0.161. The van der Waals surface area contributed by atoms with Crippen LogP contribution in [-0.2, 0) is 21.7 Å². The zero-order valence-corrected chi connectivity index (χ0v) is 35.5. The average Bonchev–Trinajstić information content (AvgIpc) is 3.56. The summed E-state index contributed by atoms with van der Waals surface area (Å²) >= 11 is 0. The van der Waals surface area contributed by atoms with Gasteiger partial charge < -0.3 is 0 Å². The zero-order chi connectivity index (χ0) is 39.4. The summed E-state index contributed by atoms with van der Waals surface area (Å²) in [6.07, 6.45) is 3.13. The molecule has 6 aromatic rings. The van der Waals surface area contributed by atoms with E-state index in [1.807, 2.05) is 0 Å². The number of hydrogen-bond donors (Lipinski definition) is 0. The Morgan fingerprint density at radius 3 is 1.30 bits per heavy atom. The molecule has 0 fully saturated rings. The molecule has 6 rings (SSSR count). The zero-order valence-electron chi connectivity index (χ0n) is 35.5. The van der Waals surface area contributed by atoms with Gasteiger partial charge in [-0.2, -0.15) is 0 Å². The molecule has 0 spiro atoms. The smallest absolute Gasteiger partial charge is 0.144 e. The van der Waals surface area contributed by atoms with Crippen molar-refractivity contribution in [2.75, 3.05) is 0 Å². The maximum absolute atomic E-state index is 5.21. The standard InChI is InChI=1S/C52H62N2/c1-15-52(13,14)46-33-53-48(54(46)47-34(2)27-45(28-35(47)3)51(10,11)12)39-18-16-17-38(29-39)42-31-40(36-19-23-43(24-20-36)49(4,5)6)30-41(32-42)37-21-25-44(26-22-37)50(7,8)9/h16-33H,15H2,1-14H3. The summed E-state index contributed by atoms with van der Waals surface area (Å²) in [5, 5.41) is 0. The average molecular weight is 715 g/mol. The summed E-state index contributed by atoms with van der Waals surface area (Å²) in [5.74, 6) is 0.981. The molecular formula is C52H62N2. The van der Waals surface area contributed by atoms with Crippen molar-refractivity contribution in [3.05, 3.63) is 143 Å². The molecule has 280 valence electrons. The molecule has 0 bridgehead atoms. The number of aryl methyl sites for hydroxylation is 2. The summed E-state index contributed by atoms with van der Waals surface area (Å²) in [6, 6.07) is 39.1. The molecule has 0 unspecified atom stereocenters. The Morgan fingerprint density at radius 1 is 0.463 bits per heavy atom. The number of aromatic nitrogens is 2. The van der Waals surface area contributed by atoms with Gasteiger partial charge in [-0.3, -0.25) is 4.57 Å². The second-order valence-electron chi connectivity index (χ2n) is 19.3. The molecular weight excluding hydrogens is 653 g/mol. The van der Waals surface area contributed by atoms with E-state index < -0.39 is 0 Å². The number of rotatable bonds is 7. The summed E-state index contributed by atoms with van der Waals surface area (Å²) in [7, 11) is 0. The number of hydrogen-bond acceptors (Lipinski definition) is 1. The van der Waals surface area contributed by atoms with Gasteiger partial charge in [0.25, 0.3) is 0 Å². The molecule has 0 aliphatic heterocycles. The lowest BCUT2D eigenvalue weighted by atomic mass is 9.84. The molecule has 0 saturated heterocycles. The molecule has 1 heterocycles. The Balaban J connectivity index is 1.53. The van der Waals surface area contributed by atoms with Crippen molar-refractivity contribution in [1.82, 2.24) is 9.55 Å². The first-order valence-electron chi connectivity index (χ1n) is 19.9. The Bertz CT molecular complexity index is 2170. The van der Waals surface area contributed by atoms with Crippen LogP contribution in [0, 0.1) is 13.8 Å². The number of benzene rings is 5. The Labute approximate surface area is 326 Å². The van der Waals surface area contributed by atoms with Crippen LogP contribution in [0.1, 0.15) is 123 Å². The van der Waals surface area contributed by atoms with Crippen LogP contribution in [0.2, 0.25) is 0 Å². The van der Waals surface area contributed by atoms with E-state index in [9.17, 15) is 0 Å². The first-order valence-corrected chi connectivity index (χ1v) is 19.9. The highest BCUT2D eigenvalue weighted by Crippen LogP contribution is 2.40. The molecule has 0 radical (unpaired) electrons. The molecule has 0 amide bonds. The van der Waals surface area contributed by atoms with Crippen molar-refractivity contribution in [3.63, 3.8) is 0 Å². The second kappa shape index (κ2) is 14.2. The van der Waals surface area contributed by atoms with E-state index >= 15 is 0 Å². The third-order valence-electron chi connectivity index (χ3n) is 11.5. The van der Waals surface area contributed by atoms with Gasteiger partial charge in [0.1, 0.15) is 5.82 Å². The predicted octanol–water partition coefficient (Wildman–Crippen LogP) is 14.7. The molecule has 0 saturated carbocycles. The molecule has 54 heavy (non-hydrogen) atoms. The summed E-state index contributed by atoms with van der Waals surface area (Å²) in [6.45, 7) is 32.0. The monoisotopic (exact) mass is 714 g/mol. The normalized spacial score (nSPS) is 12.7. The predicted molar refractivity (Wildman–Crippen MR) is 234 cm³/mol. The van der Waals surface area contributed by atoms with Gasteiger partial charge >= 0.3 is 0 Å². The fourth-order valence-electron chi connectivity index (χ4n) is 7.47. The van der Waals surface area contributed by atoms with Crippen molar-refractivity contribution in [3.8, 4) is 50.5 Å². The molecule has 2 heteroatoms. The van der Waals surface area contributed by atoms with Crippen LogP contribution in [0.15, 0.2) is 109 Å². The molecule has 5 aromatic carbocycles. The maximum atomic E-state index is 5.21. The lowest BCUT2D eigenvalue weighted by Crippen LogP contribution is -2.22. The largest absolute Gasteiger partial charge is 0.296 e. The van der Waals surface area contributed by atoms with Crippen LogP contribution in [0.5, 0.6) is 0 Å². The second-order valence-corrected chi connectivity index (χ2v) is 19.3. The van der Waals surface area contributed by atoms with E-state index in [1.165, 1.54) is 72.6 Å². The van der Waals surface area contributed by atoms with Gasteiger partial charge in [0, 0.05) is 22.9 Å². The first-order chi connectivity index (χ1) is 25.2. The maximum Gasteiger partial charge on any atom is 0.144 e. The highest BCUT2D eigenvalue weighted by atomic mass is 15.1. The minimum Gasteiger partial charge on any atom is -0.296 e. The van der Waals surface area contributed by atoms with E-state index in [-0.39, 0.29) is 21.7 Å². The molecule has 1 aromatic heterocycles. The lowest BCUT2D eigenvalue weighted by molar-refractivity contribution is 0.482. The van der Waals surface area contributed by atoms with Crippen molar-refractivity contribution >= 4 is 0 Å². The molecule has 0 aliphatic rings. The molecule has 0 atom stereocenters. The van der Waals surface area contributed by atoms with Gasteiger partial charge in [-0.1, -0.05) is 162 Å². The third kappa shape index (κ3) is 7.90. The highest BCUT2D eigenvalue weighted by molar-refractivity contribution is 5.83. The number of imidazole rings is 1. The van der Waals surface area contributed by atoms with Crippen LogP contribution >= 0.6 is 0 Å². The van der Waals surface area contributed by atoms with E-state index in [0.717, 1.165) is 17.8 Å². The van der Waals surface area contributed by atoms with Crippen molar-refractivity contribution < 1.29 is 0 Å². The van der Waals surface area contributed by atoms with Gasteiger partial charge in [-0.15, -0.1) is 0 Å². The van der Waals surface area contributed by atoms with Gasteiger partial charge in [0.15, 0.2) is 0 Å². The van der Waals surface area contributed by atoms with Crippen molar-refractivity contribution in [2.24, 2.45) is 0 Å². The topological polar surface area (TPSA) is 17.8 Å². The van der Waals surface area contributed by atoms with Crippen LogP contribution in [0.25, 0.3) is 50.5 Å². The summed E-state index contributed by atoms with van der Waals surface area (Å²) in [4.78, 5) is 5.21. The fraction of sp³-hybridized carbons (Fsp3) is 0.365. The van der Waals surface area contributed by atoms with E-state index in [1.54, 1.807) is 0 Å². The van der Waals surface area contributed by atoms with Crippen LogP contribution in [0.4, 0.5) is 0 Å². The van der Waals surface area contributed by atoms with Gasteiger partial charge in [0.2, 0.25) is 0 Å². The minimum absolute atomic E-state index is 0.0568. The minimum atomic E-state index is -0.0568. The SMILES string of the molecule is CCC(C)(C)c1cnc(-c2cccc(-c3cc(-c4ccc(C(C)(C)C)cc4)cc(-c4ccc(C(C)(C)C)cc4)c3)c2)n1-c1c(C)cc(C(C)(C)C)cc1C. The first kappa shape index (κ1) is 39.0. The van der Waals surface area contributed by atoms with Crippen molar-refractivity contribution in [1.29, 1.82) is 0 Å². The number of nitrogens with zero attached hydrogens (tertiary/aromatic N) is 2. The molecule has 2 nitrogen and oxygen atoms in total.